The Morgan fingerprint density at radius 3 is 2.68 bits per heavy atom. The maximum atomic E-state index is 13.5. The van der Waals surface area contributed by atoms with E-state index in [4.69, 9.17) is 16.3 Å². The van der Waals surface area contributed by atoms with E-state index >= 15 is 0 Å². The highest BCUT2D eigenvalue weighted by atomic mass is 35.5. The molecule has 2 aromatic carbocycles. The summed E-state index contributed by atoms with van der Waals surface area (Å²) in [5.41, 5.74) is 4.68. The molecule has 2 atom stereocenters. The second-order valence-corrected chi connectivity index (χ2v) is 9.19. The molecule has 1 aliphatic heterocycles. The van der Waals surface area contributed by atoms with E-state index < -0.39 is 0 Å². The zero-order valence-electron chi connectivity index (χ0n) is 17.2. The molecule has 0 radical (unpaired) electrons. The van der Waals surface area contributed by atoms with Crippen molar-refractivity contribution in [2.24, 2.45) is 0 Å². The fourth-order valence-corrected chi connectivity index (χ4v) is 5.51. The minimum absolute atomic E-state index is 0.169. The summed E-state index contributed by atoms with van der Waals surface area (Å²) >= 11 is 8.22. The summed E-state index contributed by atoms with van der Waals surface area (Å²) in [6, 6.07) is 17.8. The molecule has 0 saturated carbocycles. The molecule has 4 nitrogen and oxygen atoms in total. The van der Waals surface area contributed by atoms with Crippen LogP contribution < -0.4 is 15.4 Å². The number of rotatable bonds is 4. The standard InChI is InChI=1S/C25H23ClN2O2S/c1-2-30-22-10-9-15(12-17(22)26)25-24-20(27-18-6-3-4-7-19(18)28-25)13-16(14-21(24)29)23-8-5-11-31-23/h3-12,16,25,27-28H,2,13-14H2,1H3. The summed E-state index contributed by atoms with van der Waals surface area (Å²) in [6.45, 7) is 2.48. The van der Waals surface area contributed by atoms with Gasteiger partial charge in [0.2, 0.25) is 0 Å². The second-order valence-electron chi connectivity index (χ2n) is 7.81. The average molecular weight is 451 g/mol. The summed E-state index contributed by atoms with van der Waals surface area (Å²) in [4.78, 5) is 14.7. The second kappa shape index (κ2) is 8.40. The number of hydrogen-bond acceptors (Lipinski definition) is 5. The number of fused-ring (bicyclic) bond motifs is 1. The third-order valence-corrected chi connectivity index (χ3v) is 7.17. The topological polar surface area (TPSA) is 50.4 Å². The van der Waals surface area contributed by atoms with Crippen LogP contribution in [0.4, 0.5) is 11.4 Å². The number of Topliss-reactive ketones (excluding diaryl/α,β-unsaturated/α-hetero) is 1. The van der Waals surface area contributed by atoms with Crippen LogP contribution in [0.15, 0.2) is 71.2 Å². The van der Waals surface area contributed by atoms with Gasteiger partial charge in [0.05, 0.1) is 29.0 Å². The first-order chi connectivity index (χ1) is 15.1. The Morgan fingerprint density at radius 1 is 1.10 bits per heavy atom. The van der Waals surface area contributed by atoms with Crippen LogP contribution in [0, 0.1) is 0 Å². The minimum atomic E-state index is -0.281. The van der Waals surface area contributed by atoms with Crippen LogP contribution in [-0.4, -0.2) is 12.4 Å². The molecule has 1 aliphatic carbocycles. The Morgan fingerprint density at radius 2 is 1.94 bits per heavy atom. The van der Waals surface area contributed by atoms with E-state index in [2.05, 4.69) is 28.1 Å². The Labute approximate surface area is 190 Å². The third kappa shape index (κ3) is 3.84. The fraction of sp³-hybridized carbons (Fsp3) is 0.240. The van der Waals surface area contributed by atoms with Gasteiger partial charge in [-0.1, -0.05) is 35.9 Å². The Kier molecular flexibility index (Phi) is 5.47. The average Bonchev–Trinajstić information content (AvgIpc) is 3.24. The van der Waals surface area contributed by atoms with Crippen LogP contribution in [0.5, 0.6) is 5.75 Å². The van der Waals surface area contributed by atoms with Crippen molar-refractivity contribution in [3.05, 3.63) is 86.7 Å². The van der Waals surface area contributed by atoms with Gasteiger partial charge in [-0.3, -0.25) is 4.79 Å². The normalized spacial score (nSPS) is 20.3. The van der Waals surface area contributed by atoms with Crippen LogP contribution in [0.3, 0.4) is 0 Å². The highest BCUT2D eigenvalue weighted by Gasteiger charge is 2.36. The van der Waals surface area contributed by atoms with E-state index in [1.807, 2.05) is 49.4 Å². The molecule has 6 heteroatoms. The van der Waals surface area contributed by atoms with Crippen molar-refractivity contribution in [1.82, 2.24) is 0 Å². The first-order valence-corrected chi connectivity index (χ1v) is 11.7. The van der Waals surface area contributed by atoms with Crippen molar-refractivity contribution in [3.63, 3.8) is 0 Å². The number of para-hydroxylation sites is 2. The van der Waals surface area contributed by atoms with Crippen molar-refractivity contribution in [1.29, 1.82) is 0 Å². The number of hydrogen-bond donors (Lipinski definition) is 2. The minimum Gasteiger partial charge on any atom is -0.492 e. The Bertz CT molecular complexity index is 1160. The number of carbonyl (C=O) groups excluding carboxylic acids is 1. The molecule has 31 heavy (non-hydrogen) atoms. The van der Waals surface area contributed by atoms with E-state index in [-0.39, 0.29) is 17.7 Å². The lowest BCUT2D eigenvalue weighted by molar-refractivity contribution is -0.116. The SMILES string of the molecule is CCOc1ccc(C2Nc3ccccc3NC3=C2C(=O)CC(c2cccs2)C3)cc1Cl. The number of thiophene rings is 1. The molecule has 0 bridgehead atoms. The van der Waals surface area contributed by atoms with Gasteiger partial charge in [0.1, 0.15) is 5.75 Å². The van der Waals surface area contributed by atoms with Crippen molar-refractivity contribution in [2.45, 2.75) is 31.7 Å². The van der Waals surface area contributed by atoms with Gasteiger partial charge in [0.25, 0.3) is 0 Å². The van der Waals surface area contributed by atoms with Gasteiger partial charge in [-0.25, -0.2) is 0 Å². The van der Waals surface area contributed by atoms with E-state index in [0.29, 0.717) is 23.8 Å². The van der Waals surface area contributed by atoms with Gasteiger partial charge in [-0.05, 0) is 54.6 Å². The third-order valence-electron chi connectivity index (χ3n) is 5.84. The zero-order valence-corrected chi connectivity index (χ0v) is 18.7. The van der Waals surface area contributed by atoms with Gasteiger partial charge in [-0.2, -0.15) is 0 Å². The van der Waals surface area contributed by atoms with Gasteiger partial charge in [0.15, 0.2) is 5.78 Å². The number of carbonyl (C=O) groups is 1. The number of nitrogens with one attached hydrogen (secondary N) is 2. The summed E-state index contributed by atoms with van der Waals surface area (Å²) < 4.78 is 5.60. The highest BCUT2D eigenvalue weighted by molar-refractivity contribution is 7.10. The number of ether oxygens (including phenoxy) is 1. The van der Waals surface area contributed by atoms with Crippen molar-refractivity contribution >= 4 is 40.1 Å². The largest absolute Gasteiger partial charge is 0.492 e. The lowest BCUT2D eigenvalue weighted by Crippen LogP contribution is -2.26. The molecule has 0 spiro atoms. The van der Waals surface area contributed by atoms with Crippen LogP contribution in [0.1, 0.15) is 42.2 Å². The fourth-order valence-electron chi connectivity index (χ4n) is 4.44. The van der Waals surface area contributed by atoms with Crippen molar-refractivity contribution < 1.29 is 9.53 Å². The predicted molar refractivity (Wildman–Crippen MR) is 127 cm³/mol. The van der Waals surface area contributed by atoms with Gasteiger partial charge in [0, 0.05) is 28.5 Å². The van der Waals surface area contributed by atoms with Gasteiger partial charge < -0.3 is 15.4 Å². The summed E-state index contributed by atoms with van der Waals surface area (Å²) in [5, 5.41) is 9.79. The van der Waals surface area contributed by atoms with E-state index in [1.54, 1.807) is 11.3 Å². The van der Waals surface area contributed by atoms with E-state index in [0.717, 1.165) is 34.6 Å². The molecule has 2 N–H and O–H groups in total. The maximum absolute atomic E-state index is 13.5. The summed E-state index contributed by atoms with van der Waals surface area (Å²) in [5.74, 6) is 1.03. The lowest BCUT2D eigenvalue weighted by Gasteiger charge is -2.29. The number of ketones is 1. The molecule has 2 unspecified atom stereocenters. The molecular formula is C25H23ClN2O2S. The monoisotopic (exact) mass is 450 g/mol. The smallest absolute Gasteiger partial charge is 0.163 e. The molecule has 0 amide bonds. The van der Waals surface area contributed by atoms with Gasteiger partial charge in [-0.15, -0.1) is 11.3 Å². The van der Waals surface area contributed by atoms with Crippen LogP contribution in [0.2, 0.25) is 5.02 Å². The molecular weight excluding hydrogens is 428 g/mol. The molecule has 3 aromatic rings. The first-order valence-electron chi connectivity index (χ1n) is 10.5. The number of halogens is 1. The van der Waals surface area contributed by atoms with Gasteiger partial charge >= 0.3 is 0 Å². The Balaban J connectivity index is 1.60. The maximum Gasteiger partial charge on any atom is 0.163 e. The molecule has 0 saturated heterocycles. The van der Waals surface area contributed by atoms with Crippen LogP contribution in [0.25, 0.3) is 0 Å². The number of allylic oxidation sites excluding steroid dienone is 1. The summed E-state index contributed by atoms with van der Waals surface area (Å²) in [6.07, 6.45) is 1.32. The first kappa shape index (κ1) is 20.2. The molecule has 158 valence electrons. The summed E-state index contributed by atoms with van der Waals surface area (Å²) in [7, 11) is 0. The Hall–Kier alpha value is -2.76. The highest BCUT2D eigenvalue weighted by Crippen LogP contribution is 2.45. The quantitative estimate of drug-likeness (QED) is 0.460. The van der Waals surface area contributed by atoms with Crippen molar-refractivity contribution in [3.8, 4) is 5.75 Å². The number of benzene rings is 2. The zero-order chi connectivity index (χ0) is 21.4. The van der Waals surface area contributed by atoms with Crippen LogP contribution in [-0.2, 0) is 4.79 Å². The predicted octanol–water partition coefficient (Wildman–Crippen LogP) is 6.78. The van der Waals surface area contributed by atoms with Crippen molar-refractivity contribution in [2.75, 3.05) is 17.2 Å². The lowest BCUT2D eigenvalue weighted by atomic mass is 9.81. The molecule has 2 heterocycles. The molecule has 5 rings (SSSR count). The molecule has 2 aliphatic rings. The van der Waals surface area contributed by atoms with E-state index in [1.165, 1.54) is 4.88 Å². The van der Waals surface area contributed by atoms with E-state index in [9.17, 15) is 4.79 Å². The number of anilines is 2. The van der Waals surface area contributed by atoms with Crippen LogP contribution >= 0.6 is 22.9 Å². The molecule has 0 fully saturated rings. The molecule has 1 aromatic heterocycles.